The predicted molar refractivity (Wildman–Crippen MR) is 27.0 cm³/mol. The van der Waals surface area contributed by atoms with Crippen molar-refractivity contribution >= 4 is 11.6 Å². The molecule has 0 aromatic carbocycles. The maximum absolute atomic E-state index is 8.55. The normalized spacial score (nSPS) is 9.62. The third-order valence-corrected chi connectivity index (χ3v) is 1.05. The highest BCUT2D eigenvalue weighted by molar-refractivity contribution is 6.33. The zero-order chi connectivity index (χ0) is 6.15. The smallest absolute Gasteiger partial charge is 0.305 e. The summed E-state index contributed by atoms with van der Waals surface area (Å²) in [5, 5.41) is 16.9. The van der Waals surface area contributed by atoms with Gasteiger partial charge >= 0.3 is 5.95 Å². The van der Waals surface area contributed by atoms with E-state index in [2.05, 4.69) is 4.42 Å². The lowest BCUT2D eigenvalue weighted by Crippen LogP contribution is -1.53. The summed E-state index contributed by atoms with van der Waals surface area (Å²) in [5.41, 5.74) is 0. The van der Waals surface area contributed by atoms with Crippen LogP contribution in [-0.4, -0.2) is 10.2 Å². The molecule has 1 rings (SSSR count). The minimum atomic E-state index is -0.454. The highest BCUT2D eigenvalue weighted by atomic mass is 35.5. The van der Waals surface area contributed by atoms with Crippen molar-refractivity contribution in [1.29, 1.82) is 0 Å². The van der Waals surface area contributed by atoms with Crippen LogP contribution < -0.4 is 0 Å². The average molecular weight is 135 g/mol. The molecule has 0 aliphatic carbocycles. The molecule has 1 aromatic rings. The molecule has 8 heavy (non-hydrogen) atoms. The topological polar surface area (TPSA) is 53.6 Å². The molecule has 4 heteroatoms. The highest BCUT2D eigenvalue weighted by Gasteiger charge is 2.06. The summed E-state index contributed by atoms with van der Waals surface area (Å²) < 4.78 is 4.27. The Morgan fingerprint density at radius 2 is 2.12 bits per heavy atom. The van der Waals surface area contributed by atoms with Crippen molar-refractivity contribution in [3.8, 4) is 11.7 Å². The number of hydrogen-bond acceptors (Lipinski definition) is 3. The maximum Gasteiger partial charge on any atom is 0.305 e. The lowest BCUT2D eigenvalue weighted by atomic mass is 10.6. The molecule has 0 unspecified atom stereocenters. The van der Waals surface area contributed by atoms with Crippen LogP contribution in [0.5, 0.6) is 11.7 Å². The molecule has 0 atom stereocenters. The molecule has 0 bridgehead atoms. The highest BCUT2D eigenvalue weighted by Crippen LogP contribution is 2.33. The molecule has 3 nitrogen and oxygen atoms in total. The number of aromatic hydroxyl groups is 2. The number of furan rings is 1. The van der Waals surface area contributed by atoms with Crippen LogP contribution in [0, 0.1) is 0 Å². The Hall–Kier alpha value is -0.830. The van der Waals surface area contributed by atoms with Gasteiger partial charge in [0.15, 0.2) is 10.8 Å². The van der Waals surface area contributed by atoms with Crippen molar-refractivity contribution in [3.63, 3.8) is 0 Å². The van der Waals surface area contributed by atoms with Gasteiger partial charge in [-0.2, -0.15) is 0 Å². The fourth-order valence-corrected chi connectivity index (χ4v) is 0.414. The van der Waals surface area contributed by atoms with Gasteiger partial charge in [-0.05, 0) is 0 Å². The lowest BCUT2D eigenvalue weighted by molar-refractivity contribution is 0.331. The third-order valence-electron chi connectivity index (χ3n) is 0.695. The second kappa shape index (κ2) is 1.59. The van der Waals surface area contributed by atoms with Crippen molar-refractivity contribution in [2.24, 2.45) is 0 Å². The molecule has 1 heterocycles. The van der Waals surface area contributed by atoms with E-state index < -0.39 is 5.95 Å². The van der Waals surface area contributed by atoms with Crippen molar-refractivity contribution in [2.75, 3.05) is 0 Å². The van der Waals surface area contributed by atoms with Gasteiger partial charge < -0.3 is 14.6 Å². The van der Waals surface area contributed by atoms with Gasteiger partial charge in [0.25, 0.3) is 0 Å². The fourth-order valence-electron chi connectivity index (χ4n) is 0.325. The van der Waals surface area contributed by atoms with E-state index >= 15 is 0 Å². The van der Waals surface area contributed by atoms with Gasteiger partial charge in [0.1, 0.15) is 6.26 Å². The quantitative estimate of drug-likeness (QED) is 0.563. The minimum Gasteiger partial charge on any atom is -0.503 e. The Morgan fingerprint density at radius 1 is 1.50 bits per heavy atom. The molecule has 2 N–H and O–H groups in total. The van der Waals surface area contributed by atoms with E-state index in [4.69, 9.17) is 21.8 Å². The molecule has 0 amide bonds. The van der Waals surface area contributed by atoms with Crippen LogP contribution in [0.15, 0.2) is 10.7 Å². The Balaban J connectivity index is 3.19. The van der Waals surface area contributed by atoms with E-state index in [1.165, 1.54) is 0 Å². The summed E-state index contributed by atoms with van der Waals surface area (Å²) in [6, 6.07) is 0. The van der Waals surface area contributed by atoms with Gasteiger partial charge in [0, 0.05) is 0 Å². The van der Waals surface area contributed by atoms with Crippen LogP contribution in [0.1, 0.15) is 0 Å². The van der Waals surface area contributed by atoms with E-state index in [0.717, 1.165) is 6.26 Å². The second-order valence-corrected chi connectivity index (χ2v) is 1.62. The van der Waals surface area contributed by atoms with Crippen LogP contribution in [0.2, 0.25) is 5.02 Å². The zero-order valence-electron chi connectivity index (χ0n) is 3.76. The molecule has 0 saturated carbocycles. The predicted octanol–water partition coefficient (Wildman–Crippen LogP) is 1.34. The molecule has 0 aliphatic rings. The summed E-state index contributed by atoms with van der Waals surface area (Å²) in [6.45, 7) is 0. The number of halogens is 1. The molecule has 44 valence electrons. The molecule has 0 aliphatic heterocycles. The Morgan fingerprint density at radius 3 is 2.25 bits per heavy atom. The summed E-state index contributed by atoms with van der Waals surface area (Å²) in [7, 11) is 0. The van der Waals surface area contributed by atoms with E-state index in [1.54, 1.807) is 0 Å². The van der Waals surface area contributed by atoms with E-state index in [0.29, 0.717) is 0 Å². The van der Waals surface area contributed by atoms with Crippen molar-refractivity contribution in [3.05, 3.63) is 11.3 Å². The van der Waals surface area contributed by atoms with E-state index in [1.807, 2.05) is 0 Å². The van der Waals surface area contributed by atoms with E-state index in [-0.39, 0.29) is 10.8 Å². The monoisotopic (exact) mass is 134 g/mol. The first-order valence-corrected chi connectivity index (χ1v) is 2.24. The van der Waals surface area contributed by atoms with Crippen LogP contribution >= 0.6 is 11.6 Å². The minimum absolute atomic E-state index is 0.148. The first-order chi connectivity index (χ1) is 3.72. The van der Waals surface area contributed by atoms with Gasteiger partial charge in [-0.25, -0.2) is 0 Å². The Kier molecular flexibility index (Phi) is 1.06. The molecule has 0 saturated heterocycles. The maximum atomic E-state index is 8.55. The van der Waals surface area contributed by atoms with Crippen molar-refractivity contribution in [1.82, 2.24) is 0 Å². The van der Waals surface area contributed by atoms with E-state index in [9.17, 15) is 0 Å². The Bertz CT molecular complexity index is 174. The first kappa shape index (κ1) is 5.31. The van der Waals surface area contributed by atoms with Gasteiger partial charge in [-0.1, -0.05) is 11.6 Å². The standard InChI is InChI=1S/C4H3ClO3/c5-3-2(6)1-8-4(3)7/h1,6-7H. The van der Waals surface area contributed by atoms with Crippen molar-refractivity contribution in [2.45, 2.75) is 0 Å². The largest absolute Gasteiger partial charge is 0.503 e. The van der Waals surface area contributed by atoms with Crippen LogP contribution in [0.3, 0.4) is 0 Å². The molecule has 0 fully saturated rings. The lowest BCUT2D eigenvalue weighted by Gasteiger charge is -1.79. The summed E-state index contributed by atoms with van der Waals surface area (Å²) >= 11 is 5.20. The van der Waals surface area contributed by atoms with Crippen molar-refractivity contribution < 1.29 is 14.6 Å². The van der Waals surface area contributed by atoms with Gasteiger partial charge in [0.2, 0.25) is 0 Å². The summed E-state index contributed by atoms with van der Waals surface area (Å²) in [4.78, 5) is 0. The van der Waals surface area contributed by atoms with Crippen LogP contribution in [0.25, 0.3) is 0 Å². The average Bonchev–Trinajstić information content (AvgIpc) is 1.98. The molecular weight excluding hydrogens is 131 g/mol. The molecular formula is C4H3ClO3. The number of rotatable bonds is 0. The van der Waals surface area contributed by atoms with Crippen LogP contribution in [0.4, 0.5) is 0 Å². The zero-order valence-corrected chi connectivity index (χ0v) is 4.51. The van der Waals surface area contributed by atoms with Crippen LogP contribution in [-0.2, 0) is 0 Å². The molecule has 0 spiro atoms. The van der Waals surface area contributed by atoms with Gasteiger partial charge in [-0.3, -0.25) is 0 Å². The SMILES string of the molecule is Oc1coc(O)c1Cl. The summed E-state index contributed by atoms with van der Waals surface area (Å²) in [5.74, 6) is -0.701. The van der Waals surface area contributed by atoms with Gasteiger partial charge in [-0.15, -0.1) is 0 Å². The summed E-state index contributed by atoms with van der Waals surface area (Å²) in [6.07, 6.45) is 0.956. The third kappa shape index (κ3) is 0.607. The Labute approximate surface area is 50.1 Å². The molecule has 1 aromatic heterocycles. The second-order valence-electron chi connectivity index (χ2n) is 1.24. The fraction of sp³-hybridized carbons (Fsp3) is 0. The molecule has 0 radical (unpaired) electrons. The van der Waals surface area contributed by atoms with Gasteiger partial charge in [0.05, 0.1) is 0 Å². The first-order valence-electron chi connectivity index (χ1n) is 1.86. The number of hydrogen-bond donors (Lipinski definition) is 2.